The van der Waals surface area contributed by atoms with E-state index in [1.54, 1.807) is 0 Å². The Balaban J connectivity index is 1.80. The number of hydrogen-bond acceptors (Lipinski definition) is 2. The highest BCUT2D eigenvalue weighted by atomic mass is 16.5. The molecule has 0 saturated heterocycles. The highest BCUT2D eigenvalue weighted by molar-refractivity contribution is 5.10. The molecule has 29 heavy (non-hydrogen) atoms. The Labute approximate surface area is 180 Å². The molecule has 1 N–H and O–H groups in total. The monoisotopic (exact) mass is 404 g/mol. The van der Waals surface area contributed by atoms with E-state index < -0.39 is 0 Å². The van der Waals surface area contributed by atoms with Crippen LogP contribution in [0.1, 0.15) is 99.3 Å². The zero-order valence-corrected chi connectivity index (χ0v) is 20.4. The lowest BCUT2D eigenvalue weighted by molar-refractivity contribution is -0.205. The molecule has 0 aromatic carbocycles. The summed E-state index contributed by atoms with van der Waals surface area (Å²) >= 11 is 0. The molecule has 0 unspecified atom stereocenters. The predicted octanol–water partition coefficient (Wildman–Crippen LogP) is 7.01. The third-order valence-corrected chi connectivity index (χ3v) is 10.3. The Morgan fingerprint density at radius 2 is 1.79 bits per heavy atom. The van der Waals surface area contributed by atoms with E-state index in [4.69, 9.17) is 4.74 Å². The van der Waals surface area contributed by atoms with Crippen molar-refractivity contribution in [3.63, 3.8) is 0 Å². The molecule has 0 aliphatic heterocycles. The summed E-state index contributed by atoms with van der Waals surface area (Å²) in [6, 6.07) is 0. The van der Waals surface area contributed by atoms with Gasteiger partial charge in [-0.3, -0.25) is 0 Å². The van der Waals surface area contributed by atoms with Gasteiger partial charge in [-0.25, -0.2) is 0 Å². The second-order valence-electron chi connectivity index (χ2n) is 12.1. The molecule has 0 heterocycles. The van der Waals surface area contributed by atoms with Gasteiger partial charge in [0.1, 0.15) is 0 Å². The number of aliphatic hydroxyl groups is 1. The van der Waals surface area contributed by atoms with Crippen molar-refractivity contribution in [1.82, 2.24) is 0 Å². The molecule has 8 atom stereocenters. The van der Waals surface area contributed by atoms with Crippen LogP contribution in [0.4, 0.5) is 0 Å². The zero-order valence-electron chi connectivity index (χ0n) is 20.4. The molecular weight excluding hydrogens is 356 g/mol. The Kier molecular flexibility index (Phi) is 6.68. The van der Waals surface area contributed by atoms with Gasteiger partial charge in [0.15, 0.2) is 0 Å². The predicted molar refractivity (Wildman–Crippen MR) is 123 cm³/mol. The molecule has 2 heteroatoms. The van der Waals surface area contributed by atoms with E-state index in [9.17, 15) is 5.11 Å². The summed E-state index contributed by atoms with van der Waals surface area (Å²) in [5.41, 5.74) is 1.62. The van der Waals surface area contributed by atoms with E-state index in [1.807, 2.05) is 7.11 Å². The van der Waals surface area contributed by atoms with Gasteiger partial charge in [-0.1, -0.05) is 52.7 Å². The van der Waals surface area contributed by atoms with Crippen LogP contribution < -0.4 is 0 Å². The summed E-state index contributed by atoms with van der Waals surface area (Å²) in [5, 5.41) is 10.8. The molecular formula is C27H48O2. The van der Waals surface area contributed by atoms with E-state index in [2.05, 4.69) is 48.1 Å². The largest absolute Gasteiger partial charge is 0.393 e. The van der Waals surface area contributed by atoms with E-state index >= 15 is 0 Å². The molecule has 0 spiro atoms. The number of methoxy groups -OCH3 is 1. The molecule has 3 aliphatic carbocycles. The summed E-state index contributed by atoms with van der Waals surface area (Å²) in [4.78, 5) is 0. The van der Waals surface area contributed by atoms with Crippen LogP contribution in [0, 0.1) is 40.4 Å². The fourth-order valence-electron chi connectivity index (χ4n) is 8.30. The second-order valence-corrected chi connectivity index (χ2v) is 12.1. The third kappa shape index (κ3) is 3.98. The Bertz CT molecular complexity index is 595. The van der Waals surface area contributed by atoms with Crippen molar-refractivity contribution in [2.75, 3.05) is 7.11 Å². The quantitative estimate of drug-likeness (QED) is 0.482. The number of ether oxygens (including phenoxy) is 1. The summed E-state index contributed by atoms with van der Waals surface area (Å²) in [6.07, 6.45) is 10.9. The Morgan fingerprint density at radius 1 is 1.10 bits per heavy atom. The molecule has 0 radical (unpaired) electrons. The lowest BCUT2D eigenvalue weighted by Crippen LogP contribution is -2.61. The fourth-order valence-corrected chi connectivity index (χ4v) is 8.30. The first kappa shape index (κ1) is 23.3. The van der Waals surface area contributed by atoms with Crippen molar-refractivity contribution in [3.05, 3.63) is 12.2 Å². The molecule has 3 rings (SSSR count). The highest BCUT2D eigenvalue weighted by Gasteiger charge is 2.60. The van der Waals surface area contributed by atoms with Gasteiger partial charge in [0.25, 0.3) is 0 Å². The molecule has 2 nitrogen and oxygen atoms in total. The lowest BCUT2D eigenvalue weighted by Gasteiger charge is -2.63. The van der Waals surface area contributed by atoms with Crippen molar-refractivity contribution in [2.24, 2.45) is 40.4 Å². The van der Waals surface area contributed by atoms with Gasteiger partial charge in [0.2, 0.25) is 0 Å². The minimum Gasteiger partial charge on any atom is -0.393 e. The second kappa shape index (κ2) is 8.30. The molecule has 3 saturated carbocycles. The van der Waals surface area contributed by atoms with Gasteiger partial charge in [-0.05, 0) is 99.2 Å². The molecule has 3 aliphatic rings. The first-order valence-electron chi connectivity index (χ1n) is 12.4. The molecule has 0 aromatic rings. The summed E-state index contributed by atoms with van der Waals surface area (Å²) < 4.78 is 6.24. The van der Waals surface area contributed by atoms with Gasteiger partial charge in [0, 0.05) is 7.11 Å². The van der Waals surface area contributed by atoms with Gasteiger partial charge in [-0.2, -0.15) is 0 Å². The average molecular weight is 405 g/mol. The van der Waals surface area contributed by atoms with Crippen LogP contribution in [-0.2, 0) is 4.74 Å². The minimum atomic E-state index is -0.165. The third-order valence-electron chi connectivity index (χ3n) is 10.3. The minimum absolute atomic E-state index is 0.00242. The summed E-state index contributed by atoms with van der Waals surface area (Å²) in [7, 11) is 1.93. The summed E-state index contributed by atoms with van der Waals surface area (Å²) in [5.74, 6) is 3.46. The first-order valence-corrected chi connectivity index (χ1v) is 12.4. The number of rotatable bonds is 6. The maximum atomic E-state index is 10.8. The van der Waals surface area contributed by atoms with Crippen molar-refractivity contribution in [1.29, 1.82) is 0 Å². The van der Waals surface area contributed by atoms with Crippen LogP contribution >= 0.6 is 0 Å². The van der Waals surface area contributed by atoms with E-state index in [1.165, 1.54) is 44.1 Å². The molecule has 3 fully saturated rings. The van der Waals surface area contributed by atoms with E-state index in [0.717, 1.165) is 37.0 Å². The summed E-state index contributed by atoms with van der Waals surface area (Å²) in [6.45, 7) is 18.6. The molecule has 168 valence electrons. The number of hydrogen-bond donors (Lipinski definition) is 1. The molecule has 0 aromatic heterocycles. The zero-order chi connectivity index (χ0) is 21.6. The Hall–Kier alpha value is -0.340. The van der Waals surface area contributed by atoms with Crippen LogP contribution in [0.3, 0.4) is 0 Å². The highest BCUT2D eigenvalue weighted by Crippen LogP contribution is 2.63. The van der Waals surface area contributed by atoms with Crippen molar-refractivity contribution in [3.8, 4) is 0 Å². The topological polar surface area (TPSA) is 29.5 Å². The SMILES string of the molecule is C=C(C)[C@@H]1CCC[C@H]1[C@H](C)CC[C@@H]1[C@@]2(C)CC[C@H](O)C(C)(C)[C@@H]2CC[C@@]1(C)OC. The van der Waals surface area contributed by atoms with Crippen molar-refractivity contribution < 1.29 is 9.84 Å². The number of fused-ring (bicyclic) bond motifs is 1. The fraction of sp³-hybridized carbons (Fsp3) is 0.926. The van der Waals surface area contributed by atoms with Crippen LogP contribution in [0.5, 0.6) is 0 Å². The molecule has 0 amide bonds. The van der Waals surface area contributed by atoms with E-state index in [-0.39, 0.29) is 22.5 Å². The Morgan fingerprint density at radius 3 is 2.41 bits per heavy atom. The van der Waals surface area contributed by atoms with Gasteiger partial charge < -0.3 is 9.84 Å². The van der Waals surface area contributed by atoms with Crippen LogP contribution in [0.2, 0.25) is 0 Å². The van der Waals surface area contributed by atoms with Gasteiger partial charge in [-0.15, -0.1) is 0 Å². The average Bonchev–Trinajstić information content (AvgIpc) is 3.14. The number of aliphatic hydroxyl groups excluding tert-OH is 1. The van der Waals surface area contributed by atoms with Crippen LogP contribution in [0.25, 0.3) is 0 Å². The smallest absolute Gasteiger partial charge is 0.0684 e. The van der Waals surface area contributed by atoms with Crippen molar-refractivity contribution in [2.45, 2.75) is 111 Å². The van der Waals surface area contributed by atoms with Gasteiger partial charge in [0.05, 0.1) is 11.7 Å². The van der Waals surface area contributed by atoms with Crippen LogP contribution in [-0.4, -0.2) is 23.9 Å². The first-order chi connectivity index (χ1) is 13.5. The normalized spacial score (nSPS) is 45.6. The van der Waals surface area contributed by atoms with E-state index in [0.29, 0.717) is 11.8 Å². The maximum Gasteiger partial charge on any atom is 0.0684 e. The number of allylic oxidation sites excluding steroid dienone is 1. The molecule has 0 bridgehead atoms. The maximum absolute atomic E-state index is 10.8. The van der Waals surface area contributed by atoms with Gasteiger partial charge >= 0.3 is 0 Å². The van der Waals surface area contributed by atoms with Crippen molar-refractivity contribution >= 4 is 0 Å². The standard InChI is InChI=1S/C27H48O2/c1-18(2)20-10-9-11-21(20)19(3)12-13-23-26(6)16-15-24(28)25(4,5)22(26)14-17-27(23,7)29-8/h19-24,28H,1,9-17H2,2-8H3/t19-,20+,21+,22+,23-,24+,26+,27-/m1/s1. The lowest BCUT2D eigenvalue weighted by atomic mass is 9.44. The van der Waals surface area contributed by atoms with Crippen LogP contribution in [0.15, 0.2) is 12.2 Å².